The van der Waals surface area contributed by atoms with Gasteiger partial charge in [0.05, 0.1) is 5.25 Å². The lowest BCUT2D eigenvalue weighted by Crippen LogP contribution is -2.22. The lowest BCUT2D eigenvalue weighted by molar-refractivity contribution is 0.719. The van der Waals surface area contributed by atoms with Crippen LogP contribution in [0.25, 0.3) is 0 Å². The van der Waals surface area contributed by atoms with Crippen molar-refractivity contribution in [1.29, 1.82) is 0 Å². The quantitative estimate of drug-likeness (QED) is 0.696. The average molecular weight is 401 g/mol. The lowest BCUT2D eigenvalue weighted by atomic mass is 10.1. The van der Waals surface area contributed by atoms with Crippen LogP contribution in [0.4, 0.5) is 0 Å². The summed E-state index contributed by atoms with van der Waals surface area (Å²) >= 11 is 9.00. The van der Waals surface area contributed by atoms with Gasteiger partial charge in [-0.2, -0.15) is 0 Å². The number of hydrogen-bond acceptors (Lipinski definition) is 2. The fourth-order valence-electron chi connectivity index (χ4n) is 1.84. The molecule has 0 saturated heterocycles. The highest BCUT2D eigenvalue weighted by atomic mass is 79.9. The van der Waals surface area contributed by atoms with Gasteiger partial charge < -0.3 is 5.73 Å². The Morgan fingerprint density at radius 2 is 1.53 bits per heavy atom. The Kier molecular flexibility index (Phi) is 5.51. The zero-order valence-corrected chi connectivity index (χ0v) is 14.5. The predicted molar refractivity (Wildman–Crippen MR) is 90.5 cm³/mol. The third-order valence-electron chi connectivity index (χ3n) is 2.78. The first-order chi connectivity index (χ1) is 9.09. The normalized spacial score (nSPS) is 14.1. The van der Waals surface area contributed by atoms with Crippen molar-refractivity contribution in [2.24, 2.45) is 5.73 Å². The van der Waals surface area contributed by atoms with E-state index in [0.29, 0.717) is 0 Å². The van der Waals surface area contributed by atoms with E-state index in [4.69, 9.17) is 5.73 Å². The molecular formula is C15H15Br2NS. The van der Waals surface area contributed by atoms with Gasteiger partial charge in [-0.3, -0.25) is 0 Å². The van der Waals surface area contributed by atoms with Gasteiger partial charge in [0.2, 0.25) is 0 Å². The Morgan fingerprint density at radius 3 is 2.11 bits per heavy atom. The van der Waals surface area contributed by atoms with Gasteiger partial charge in [-0.25, -0.2) is 0 Å². The number of halogens is 2. The standard InChI is InChI=1S/C15H15Br2NS/c1-10(18)15(11-6-2-3-7-12(11)16)19-14-9-5-4-8-13(14)17/h2-10,15H,18H2,1H3. The topological polar surface area (TPSA) is 26.0 Å². The summed E-state index contributed by atoms with van der Waals surface area (Å²) in [5.74, 6) is 0. The number of thioether (sulfide) groups is 1. The van der Waals surface area contributed by atoms with E-state index in [0.717, 1.165) is 8.95 Å². The molecule has 2 rings (SSSR count). The van der Waals surface area contributed by atoms with E-state index in [9.17, 15) is 0 Å². The van der Waals surface area contributed by atoms with Gasteiger partial charge in [0.15, 0.2) is 0 Å². The van der Waals surface area contributed by atoms with Gasteiger partial charge in [-0.05, 0) is 46.6 Å². The summed E-state index contributed by atoms with van der Waals surface area (Å²) in [6.45, 7) is 2.05. The van der Waals surface area contributed by atoms with E-state index in [1.807, 2.05) is 25.1 Å². The molecule has 0 aliphatic rings. The monoisotopic (exact) mass is 399 g/mol. The molecule has 0 bridgehead atoms. The molecule has 100 valence electrons. The van der Waals surface area contributed by atoms with Crippen LogP contribution in [-0.4, -0.2) is 6.04 Å². The molecule has 1 nitrogen and oxygen atoms in total. The molecule has 0 radical (unpaired) electrons. The van der Waals surface area contributed by atoms with Crippen molar-refractivity contribution in [2.45, 2.75) is 23.1 Å². The van der Waals surface area contributed by atoms with Crippen LogP contribution in [0.1, 0.15) is 17.7 Å². The fraction of sp³-hybridized carbons (Fsp3) is 0.200. The maximum Gasteiger partial charge on any atom is 0.0504 e. The Morgan fingerprint density at radius 1 is 0.947 bits per heavy atom. The van der Waals surface area contributed by atoms with Crippen LogP contribution >= 0.6 is 43.6 Å². The second-order valence-corrected chi connectivity index (χ2v) is 7.24. The molecule has 0 fully saturated rings. The van der Waals surface area contributed by atoms with Gasteiger partial charge in [0.25, 0.3) is 0 Å². The third kappa shape index (κ3) is 3.85. The van der Waals surface area contributed by atoms with E-state index >= 15 is 0 Å². The first-order valence-corrected chi connectivity index (χ1v) is 8.47. The highest BCUT2D eigenvalue weighted by Crippen LogP contribution is 2.42. The molecule has 0 aromatic heterocycles. The van der Waals surface area contributed by atoms with Crippen LogP contribution in [0, 0.1) is 0 Å². The minimum absolute atomic E-state index is 0.0656. The number of benzene rings is 2. The highest BCUT2D eigenvalue weighted by Gasteiger charge is 2.20. The van der Waals surface area contributed by atoms with Crippen molar-refractivity contribution in [3.8, 4) is 0 Å². The Labute approximate surface area is 135 Å². The second kappa shape index (κ2) is 6.93. The summed E-state index contributed by atoms with van der Waals surface area (Å²) in [7, 11) is 0. The number of hydrogen-bond donors (Lipinski definition) is 1. The molecule has 0 amide bonds. The molecular weight excluding hydrogens is 386 g/mol. The first kappa shape index (κ1) is 15.1. The lowest BCUT2D eigenvalue weighted by Gasteiger charge is -2.22. The summed E-state index contributed by atoms with van der Waals surface area (Å²) in [4.78, 5) is 1.21. The van der Waals surface area contributed by atoms with Crippen molar-refractivity contribution in [1.82, 2.24) is 0 Å². The summed E-state index contributed by atoms with van der Waals surface area (Å²) in [6, 6.07) is 16.6. The van der Waals surface area contributed by atoms with E-state index < -0.39 is 0 Å². The Hall–Kier alpha value is -0.290. The minimum atomic E-state index is 0.0656. The predicted octanol–water partition coefficient (Wildman–Crippen LogP) is 5.39. The molecule has 19 heavy (non-hydrogen) atoms. The fourth-order valence-corrected chi connectivity index (χ4v) is 4.24. The van der Waals surface area contributed by atoms with E-state index in [1.165, 1.54) is 10.5 Å². The first-order valence-electron chi connectivity index (χ1n) is 6.01. The highest BCUT2D eigenvalue weighted by molar-refractivity contribution is 9.10. The van der Waals surface area contributed by atoms with Crippen molar-refractivity contribution in [2.75, 3.05) is 0 Å². The molecule has 2 N–H and O–H groups in total. The second-order valence-electron chi connectivity index (χ2n) is 4.35. The molecule has 2 aromatic rings. The zero-order valence-electron chi connectivity index (χ0n) is 10.5. The summed E-state index contributed by atoms with van der Waals surface area (Å²) in [6.07, 6.45) is 0. The molecule has 0 spiro atoms. The molecule has 2 atom stereocenters. The van der Waals surface area contributed by atoms with E-state index in [2.05, 4.69) is 62.2 Å². The van der Waals surface area contributed by atoms with Crippen molar-refractivity contribution < 1.29 is 0 Å². The zero-order chi connectivity index (χ0) is 13.8. The molecule has 2 unspecified atom stereocenters. The molecule has 4 heteroatoms. The average Bonchev–Trinajstić information content (AvgIpc) is 2.38. The molecule has 0 heterocycles. The van der Waals surface area contributed by atoms with Crippen molar-refractivity contribution in [3.05, 3.63) is 63.0 Å². The molecule has 2 aromatic carbocycles. The van der Waals surface area contributed by atoms with Gasteiger partial charge >= 0.3 is 0 Å². The van der Waals surface area contributed by atoms with Gasteiger partial charge in [0.1, 0.15) is 0 Å². The maximum absolute atomic E-state index is 6.18. The molecule has 0 saturated carbocycles. The van der Waals surface area contributed by atoms with Crippen molar-refractivity contribution in [3.63, 3.8) is 0 Å². The van der Waals surface area contributed by atoms with Crippen molar-refractivity contribution >= 4 is 43.6 Å². The van der Waals surface area contributed by atoms with Crippen LogP contribution in [0.3, 0.4) is 0 Å². The number of rotatable bonds is 4. The van der Waals surface area contributed by atoms with E-state index in [1.54, 1.807) is 11.8 Å². The molecule has 0 aliphatic carbocycles. The van der Waals surface area contributed by atoms with Crippen LogP contribution in [0.5, 0.6) is 0 Å². The third-order valence-corrected chi connectivity index (χ3v) is 6.00. The smallest absolute Gasteiger partial charge is 0.0504 e. The summed E-state index contributed by atoms with van der Waals surface area (Å²) in [5, 5.41) is 0.217. The summed E-state index contributed by atoms with van der Waals surface area (Å²) < 4.78 is 2.22. The van der Waals surface area contributed by atoms with Gasteiger partial charge in [0, 0.05) is 19.9 Å². The Balaban J connectivity index is 2.33. The molecule has 0 aliphatic heterocycles. The maximum atomic E-state index is 6.18. The Bertz CT molecular complexity index is 557. The van der Waals surface area contributed by atoms with Gasteiger partial charge in [-0.15, -0.1) is 11.8 Å². The largest absolute Gasteiger partial charge is 0.327 e. The SMILES string of the molecule is CC(N)C(Sc1ccccc1Br)c1ccccc1Br. The summed E-state index contributed by atoms with van der Waals surface area (Å²) in [5.41, 5.74) is 7.41. The van der Waals surface area contributed by atoms with Crippen LogP contribution < -0.4 is 5.73 Å². The van der Waals surface area contributed by atoms with Gasteiger partial charge in [-0.1, -0.05) is 46.3 Å². The minimum Gasteiger partial charge on any atom is -0.327 e. The van der Waals surface area contributed by atoms with E-state index in [-0.39, 0.29) is 11.3 Å². The van der Waals surface area contributed by atoms with Crippen LogP contribution in [0.15, 0.2) is 62.4 Å². The van der Waals surface area contributed by atoms with Crippen LogP contribution in [-0.2, 0) is 0 Å². The van der Waals surface area contributed by atoms with Crippen LogP contribution in [0.2, 0.25) is 0 Å². The number of nitrogens with two attached hydrogens (primary N) is 1.